The molecule has 10 nitrogen and oxygen atoms in total. The molecule has 1 aliphatic heterocycles. The van der Waals surface area contributed by atoms with Crippen LogP contribution in [0.3, 0.4) is 0 Å². The molecule has 1 aliphatic rings. The summed E-state index contributed by atoms with van der Waals surface area (Å²) in [4.78, 5) is 24.1. The van der Waals surface area contributed by atoms with Crippen molar-refractivity contribution < 1.29 is 23.1 Å². The van der Waals surface area contributed by atoms with Crippen molar-refractivity contribution in [2.45, 2.75) is 57.3 Å². The zero-order chi connectivity index (χ0) is 31.6. The number of carbonyl (C=O) groups excluding carboxylic acids is 1. The number of hydrogen-bond donors (Lipinski definition) is 3. The first kappa shape index (κ1) is 31.4. The number of carboxylic acids is 1. The lowest BCUT2D eigenvalue weighted by molar-refractivity contribution is 0.0698. The number of rotatable bonds is 8. The highest BCUT2D eigenvalue weighted by Gasteiger charge is 2.33. The Hall–Kier alpha value is -4.00. The van der Waals surface area contributed by atoms with Crippen LogP contribution in [0.2, 0.25) is 0 Å². The fourth-order valence-corrected chi connectivity index (χ4v) is 7.91. The van der Waals surface area contributed by atoms with Gasteiger partial charge in [-0.15, -0.1) is 11.3 Å². The number of nitrogens with zero attached hydrogens (tertiary/aromatic N) is 3. The number of anilines is 2. The van der Waals surface area contributed by atoms with Gasteiger partial charge >= 0.3 is 12.0 Å². The van der Waals surface area contributed by atoms with Crippen LogP contribution in [0.1, 0.15) is 60.1 Å². The third-order valence-electron chi connectivity index (χ3n) is 7.75. The molecule has 232 valence electrons. The van der Waals surface area contributed by atoms with Gasteiger partial charge in [-0.2, -0.15) is 9.40 Å². The second-order valence-corrected chi connectivity index (χ2v) is 15.0. The second kappa shape index (κ2) is 12.5. The summed E-state index contributed by atoms with van der Waals surface area (Å²) in [7, 11) is -3.85. The van der Waals surface area contributed by atoms with Gasteiger partial charge in [0, 0.05) is 30.3 Å². The SMILES string of the molecule is Cc1ccc(-n2nc(C(C)(C)C)cc2NC(=O)Nc2ccc(CC3CCN(S(=O)(=O)c4ccsc4C(=O)O)CC3)cc2)cc1. The normalized spacial score (nSPS) is 14.8. The van der Waals surface area contributed by atoms with E-state index in [0.717, 1.165) is 40.3 Å². The van der Waals surface area contributed by atoms with Crippen LogP contribution in [0.25, 0.3) is 5.69 Å². The molecule has 0 radical (unpaired) electrons. The Bertz CT molecular complexity index is 1750. The Kier molecular flexibility index (Phi) is 8.96. The quantitative estimate of drug-likeness (QED) is 0.202. The van der Waals surface area contributed by atoms with E-state index in [-0.39, 0.29) is 21.2 Å². The molecular formula is C32H37N5O5S2. The van der Waals surface area contributed by atoms with E-state index in [9.17, 15) is 23.1 Å². The van der Waals surface area contributed by atoms with Gasteiger partial charge in [-0.25, -0.2) is 22.7 Å². The molecule has 0 aliphatic carbocycles. The predicted molar refractivity (Wildman–Crippen MR) is 173 cm³/mol. The van der Waals surface area contributed by atoms with Crippen molar-refractivity contribution in [3.05, 3.63) is 87.7 Å². The number of carboxylic acid groups (broad SMARTS) is 1. The third-order valence-corrected chi connectivity index (χ3v) is 10.7. The summed E-state index contributed by atoms with van der Waals surface area (Å²) < 4.78 is 29.2. The lowest BCUT2D eigenvalue weighted by atomic mass is 9.91. The third kappa shape index (κ3) is 7.03. The van der Waals surface area contributed by atoms with Gasteiger partial charge in [-0.05, 0) is 73.4 Å². The van der Waals surface area contributed by atoms with Crippen LogP contribution < -0.4 is 10.6 Å². The monoisotopic (exact) mass is 635 g/mol. The molecule has 44 heavy (non-hydrogen) atoms. The van der Waals surface area contributed by atoms with Gasteiger partial charge in [0.05, 0.1) is 11.4 Å². The predicted octanol–water partition coefficient (Wildman–Crippen LogP) is 6.53. The number of piperidine rings is 1. The largest absolute Gasteiger partial charge is 0.477 e. The molecule has 12 heteroatoms. The molecular weight excluding hydrogens is 599 g/mol. The summed E-state index contributed by atoms with van der Waals surface area (Å²) in [6.07, 6.45) is 2.14. The van der Waals surface area contributed by atoms with E-state index in [1.807, 2.05) is 61.5 Å². The number of aromatic nitrogens is 2. The van der Waals surface area contributed by atoms with Gasteiger partial charge < -0.3 is 10.4 Å². The molecule has 2 aromatic heterocycles. The van der Waals surface area contributed by atoms with Crippen molar-refractivity contribution in [1.29, 1.82) is 0 Å². The Morgan fingerprint density at radius 1 is 1.00 bits per heavy atom. The van der Waals surface area contributed by atoms with Crippen molar-refractivity contribution >= 4 is 44.9 Å². The number of urea groups is 1. The molecule has 0 saturated carbocycles. The molecule has 3 heterocycles. The Balaban J connectivity index is 1.18. The molecule has 3 N–H and O–H groups in total. The summed E-state index contributed by atoms with van der Waals surface area (Å²) in [5.74, 6) is -0.365. The van der Waals surface area contributed by atoms with E-state index in [1.54, 1.807) is 4.68 Å². The fraction of sp³-hybridized carbons (Fsp3) is 0.344. The Morgan fingerprint density at radius 3 is 2.27 bits per heavy atom. The fourth-order valence-electron chi connectivity index (χ4n) is 5.20. The van der Waals surface area contributed by atoms with Gasteiger partial charge in [0.15, 0.2) is 0 Å². The Morgan fingerprint density at radius 2 is 1.66 bits per heavy atom. The number of hydrogen-bond acceptors (Lipinski definition) is 6. The average molecular weight is 636 g/mol. The number of amides is 2. The number of sulfonamides is 1. The van der Waals surface area contributed by atoms with Crippen molar-refractivity contribution in [2.24, 2.45) is 5.92 Å². The van der Waals surface area contributed by atoms with E-state index in [4.69, 9.17) is 5.10 Å². The van der Waals surface area contributed by atoms with Gasteiger partial charge in [-0.3, -0.25) is 5.32 Å². The van der Waals surface area contributed by atoms with Gasteiger partial charge in [0.1, 0.15) is 15.6 Å². The van der Waals surface area contributed by atoms with E-state index in [1.165, 1.54) is 15.8 Å². The van der Waals surface area contributed by atoms with Gasteiger partial charge in [0.25, 0.3) is 0 Å². The van der Waals surface area contributed by atoms with E-state index in [2.05, 4.69) is 31.4 Å². The van der Waals surface area contributed by atoms with Crippen molar-refractivity contribution in [2.75, 3.05) is 23.7 Å². The van der Waals surface area contributed by atoms with Crippen LogP contribution >= 0.6 is 11.3 Å². The van der Waals surface area contributed by atoms with E-state index >= 15 is 0 Å². The molecule has 0 unspecified atom stereocenters. The highest BCUT2D eigenvalue weighted by atomic mass is 32.2. The van der Waals surface area contributed by atoms with Crippen LogP contribution in [-0.4, -0.2) is 52.7 Å². The minimum absolute atomic E-state index is 0.130. The number of benzene rings is 2. The molecule has 0 bridgehead atoms. The lowest BCUT2D eigenvalue weighted by Gasteiger charge is -2.31. The first-order valence-corrected chi connectivity index (χ1v) is 16.8. The molecule has 4 aromatic rings. The molecule has 5 rings (SSSR count). The maximum absolute atomic E-state index is 13.1. The average Bonchev–Trinajstić information content (AvgIpc) is 3.64. The number of aromatic carboxylic acids is 1. The van der Waals surface area contributed by atoms with Crippen LogP contribution in [0, 0.1) is 12.8 Å². The first-order valence-electron chi connectivity index (χ1n) is 14.5. The minimum Gasteiger partial charge on any atom is -0.477 e. The lowest BCUT2D eigenvalue weighted by Crippen LogP contribution is -2.39. The summed E-state index contributed by atoms with van der Waals surface area (Å²) >= 11 is 0.918. The smallest absolute Gasteiger partial charge is 0.347 e. The molecule has 0 atom stereocenters. The van der Waals surface area contributed by atoms with Crippen molar-refractivity contribution in [3.8, 4) is 5.69 Å². The summed E-state index contributed by atoms with van der Waals surface area (Å²) in [6, 6.07) is 18.5. The van der Waals surface area contributed by atoms with Crippen LogP contribution in [0.4, 0.5) is 16.3 Å². The number of carbonyl (C=O) groups is 2. The highest BCUT2D eigenvalue weighted by Crippen LogP contribution is 2.30. The zero-order valence-electron chi connectivity index (χ0n) is 25.2. The summed E-state index contributed by atoms with van der Waals surface area (Å²) in [6.45, 7) is 8.94. The topological polar surface area (TPSA) is 134 Å². The molecule has 0 spiro atoms. The highest BCUT2D eigenvalue weighted by molar-refractivity contribution is 7.89. The van der Waals surface area contributed by atoms with Crippen LogP contribution in [0.5, 0.6) is 0 Å². The standard InChI is InChI=1S/C32H37N5O5S2/c1-21-5-11-25(12-6-21)37-28(20-27(35-37)32(2,3)4)34-31(40)33-24-9-7-22(8-10-24)19-23-13-16-36(17-14-23)44(41,42)26-15-18-43-29(26)30(38)39/h5-12,15,18,20,23H,13-14,16-17,19H2,1-4H3,(H,38,39)(H2,33,34,40). The number of aryl methyl sites for hydroxylation is 1. The Labute approximate surface area is 261 Å². The first-order chi connectivity index (χ1) is 20.8. The van der Waals surface area contributed by atoms with Crippen LogP contribution in [-0.2, 0) is 21.9 Å². The zero-order valence-corrected chi connectivity index (χ0v) is 26.8. The van der Waals surface area contributed by atoms with E-state index in [0.29, 0.717) is 43.4 Å². The van der Waals surface area contributed by atoms with Crippen LogP contribution in [0.15, 0.2) is 70.9 Å². The maximum Gasteiger partial charge on any atom is 0.347 e. The maximum atomic E-state index is 13.1. The molecule has 1 saturated heterocycles. The molecule has 2 aromatic carbocycles. The number of nitrogens with one attached hydrogen (secondary N) is 2. The minimum atomic E-state index is -3.85. The van der Waals surface area contributed by atoms with Gasteiger partial charge in [-0.1, -0.05) is 50.6 Å². The van der Waals surface area contributed by atoms with Gasteiger partial charge in [0.2, 0.25) is 10.0 Å². The molecule has 1 fully saturated rings. The second-order valence-electron chi connectivity index (χ2n) is 12.2. The van der Waals surface area contributed by atoms with Crippen molar-refractivity contribution in [3.63, 3.8) is 0 Å². The number of thiophene rings is 1. The summed E-state index contributed by atoms with van der Waals surface area (Å²) in [5.41, 5.74) is 4.39. The molecule has 2 amide bonds. The summed E-state index contributed by atoms with van der Waals surface area (Å²) in [5, 5.41) is 21.4. The van der Waals surface area contributed by atoms with E-state index < -0.39 is 16.0 Å². The van der Waals surface area contributed by atoms with Crippen molar-refractivity contribution in [1.82, 2.24) is 14.1 Å².